The summed E-state index contributed by atoms with van der Waals surface area (Å²) < 4.78 is 0. The molecular formula is C28H16Cl2N4O4. The lowest BCUT2D eigenvalue weighted by Crippen LogP contribution is -2.29. The van der Waals surface area contributed by atoms with Gasteiger partial charge in [-0.3, -0.25) is 19.2 Å². The highest BCUT2D eigenvalue weighted by Gasteiger charge is 2.39. The largest absolute Gasteiger partial charge is 0.399 e. The van der Waals surface area contributed by atoms with Crippen LogP contribution in [0, 0.1) is 0 Å². The molecule has 38 heavy (non-hydrogen) atoms. The first-order valence-electron chi connectivity index (χ1n) is 11.3. The molecule has 6 rings (SSSR count). The quantitative estimate of drug-likeness (QED) is 0.262. The van der Waals surface area contributed by atoms with E-state index in [1.54, 1.807) is 48.5 Å². The predicted octanol–water partition coefficient (Wildman–Crippen LogP) is 5.43. The maximum atomic E-state index is 13.3. The van der Waals surface area contributed by atoms with E-state index in [1.165, 1.54) is 24.3 Å². The Morgan fingerprint density at radius 3 is 1.21 bits per heavy atom. The Morgan fingerprint density at radius 1 is 0.474 bits per heavy atom. The number of hydrogen-bond acceptors (Lipinski definition) is 6. The van der Waals surface area contributed by atoms with Gasteiger partial charge in [0.05, 0.1) is 43.7 Å². The number of amides is 4. The molecule has 0 saturated heterocycles. The Bertz CT molecular complexity index is 1640. The Labute approximate surface area is 226 Å². The van der Waals surface area contributed by atoms with E-state index in [4.69, 9.17) is 34.7 Å². The first-order chi connectivity index (χ1) is 18.2. The van der Waals surface area contributed by atoms with Crippen molar-refractivity contribution >= 4 is 69.6 Å². The molecule has 0 fully saturated rings. The summed E-state index contributed by atoms with van der Waals surface area (Å²) in [5.74, 6) is -2.08. The second kappa shape index (κ2) is 8.44. The van der Waals surface area contributed by atoms with Crippen LogP contribution >= 0.6 is 23.2 Å². The number of fused-ring (bicyclic) bond motifs is 2. The zero-order chi connectivity index (χ0) is 26.9. The summed E-state index contributed by atoms with van der Waals surface area (Å²) in [5, 5.41) is 0.347. The van der Waals surface area contributed by atoms with Crippen LogP contribution in [0.1, 0.15) is 41.4 Å². The molecule has 4 amide bonds. The summed E-state index contributed by atoms with van der Waals surface area (Å²) >= 11 is 12.5. The fourth-order valence-corrected chi connectivity index (χ4v) is 5.23. The van der Waals surface area contributed by atoms with Gasteiger partial charge < -0.3 is 11.5 Å². The number of rotatable bonds is 3. The van der Waals surface area contributed by atoms with Crippen LogP contribution in [-0.4, -0.2) is 23.6 Å². The average molecular weight is 543 g/mol. The third-order valence-electron chi connectivity index (χ3n) is 6.53. The van der Waals surface area contributed by atoms with Gasteiger partial charge in [-0.05, 0) is 71.8 Å². The fourth-order valence-electron chi connectivity index (χ4n) is 4.69. The molecule has 10 heteroatoms. The van der Waals surface area contributed by atoms with Crippen molar-refractivity contribution in [3.8, 4) is 11.1 Å². The summed E-state index contributed by atoms with van der Waals surface area (Å²) in [5.41, 5.74) is 14.8. The average Bonchev–Trinajstić information content (AvgIpc) is 3.28. The summed E-state index contributed by atoms with van der Waals surface area (Å²) in [4.78, 5) is 54.6. The van der Waals surface area contributed by atoms with Crippen LogP contribution in [0.3, 0.4) is 0 Å². The van der Waals surface area contributed by atoms with E-state index in [2.05, 4.69) is 0 Å². The van der Waals surface area contributed by atoms with E-state index in [1.807, 2.05) is 0 Å². The molecule has 0 aliphatic carbocycles. The Balaban J connectivity index is 1.37. The molecule has 0 saturated carbocycles. The minimum absolute atomic E-state index is 0.173. The molecule has 0 radical (unpaired) electrons. The molecule has 0 atom stereocenters. The van der Waals surface area contributed by atoms with Gasteiger partial charge in [0.2, 0.25) is 0 Å². The van der Waals surface area contributed by atoms with Crippen molar-refractivity contribution in [2.75, 3.05) is 21.3 Å². The Kier molecular flexibility index (Phi) is 5.27. The molecule has 8 nitrogen and oxygen atoms in total. The molecule has 0 spiro atoms. The van der Waals surface area contributed by atoms with Crippen LogP contribution in [0.4, 0.5) is 22.7 Å². The number of carbonyl (C=O) groups is 4. The smallest absolute Gasteiger partial charge is 0.266 e. The topological polar surface area (TPSA) is 127 Å². The van der Waals surface area contributed by atoms with E-state index in [-0.39, 0.29) is 43.7 Å². The van der Waals surface area contributed by atoms with Gasteiger partial charge in [-0.2, -0.15) is 0 Å². The highest BCUT2D eigenvalue weighted by molar-refractivity contribution is 6.41. The van der Waals surface area contributed by atoms with E-state index >= 15 is 0 Å². The normalized spacial score (nSPS) is 14.4. The highest BCUT2D eigenvalue weighted by Crippen LogP contribution is 2.38. The molecule has 0 aromatic heterocycles. The summed E-state index contributed by atoms with van der Waals surface area (Å²) in [7, 11) is 0. The molecular weight excluding hydrogens is 527 g/mol. The maximum absolute atomic E-state index is 13.3. The van der Waals surface area contributed by atoms with Gasteiger partial charge in [0.25, 0.3) is 23.6 Å². The third kappa shape index (κ3) is 3.46. The zero-order valence-electron chi connectivity index (χ0n) is 19.4. The monoisotopic (exact) mass is 542 g/mol. The first kappa shape index (κ1) is 23.7. The van der Waals surface area contributed by atoms with Gasteiger partial charge in [0.15, 0.2) is 0 Å². The Morgan fingerprint density at radius 2 is 0.842 bits per heavy atom. The second-order valence-electron chi connectivity index (χ2n) is 8.83. The number of nitrogens with two attached hydrogens (primary N) is 2. The minimum atomic E-state index is -0.532. The van der Waals surface area contributed by atoms with Gasteiger partial charge in [-0.15, -0.1) is 0 Å². The summed E-state index contributed by atoms with van der Waals surface area (Å²) in [6.45, 7) is 0. The Hall–Kier alpha value is -4.66. The van der Waals surface area contributed by atoms with Crippen molar-refractivity contribution in [2.24, 2.45) is 0 Å². The first-order valence-corrected chi connectivity index (χ1v) is 12.1. The SMILES string of the molecule is Nc1ccc(N2C(=O)c3ccc(-c4ccc5c(c4)C(=O)N(c4ccc(N)cc4Cl)C5=O)cc3C2=O)c(Cl)c1. The highest BCUT2D eigenvalue weighted by atomic mass is 35.5. The van der Waals surface area contributed by atoms with Crippen molar-refractivity contribution in [3.63, 3.8) is 0 Å². The van der Waals surface area contributed by atoms with Gasteiger partial charge >= 0.3 is 0 Å². The van der Waals surface area contributed by atoms with Crippen LogP contribution in [0.25, 0.3) is 11.1 Å². The number of anilines is 4. The standard InChI is InChI=1S/C28H16Cl2N4O4/c29-21-11-15(31)3-7-23(21)33-25(35)17-5-1-13(9-19(17)27(33)37)14-2-6-18-20(10-14)28(38)34(26(18)36)24-8-4-16(32)12-22(24)30/h1-12H,31-32H2. The fraction of sp³-hybridized carbons (Fsp3) is 0. The molecule has 0 bridgehead atoms. The number of nitrogen functional groups attached to an aromatic ring is 2. The minimum Gasteiger partial charge on any atom is -0.399 e. The number of benzene rings is 4. The van der Waals surface area contributed by atoms with Crippen molar-refractivity contribution in [1.82, 2.24) is 0 Å². The van der Waals surface area contributed by atoms with E-state index in [0.717, 1.165) is 9.80 Å². The number of halogens is 2. The lowest BCUT2D eigenvalue weighted by atomic mass is 9.97. The molecule has 4 aromatic carbocycles. The number of nitrogens with zero attached hydrogens (tertiary/aromatic N) is 2. The molecule has 2 heterocycles. The van der Waals surface area contributed by atoms with E-state index in [9.17, 15) is 19.2 Å². The number of carbonyl (C=O) groups excluding carboxylic acids is 4. The van der Waals surface area contributed by atoms with Gasteiger partial charge in [-0.1, -0.05) is 35.3 Å². The summed E-state index contributed by atoms with van der Waals surface area (Å²) in [6.07, 6.45) is 0. The van der Waals surface area contributed by atoms with E-state index < -0.39 is 23.6 Å². The van der Waals surface area contributed by atoms with Crippen LogP contribution in [-0.2, 0) is 0 Å². The van der Waals surface area contributed by atoms with Gasteiger partial charge in [0, 0.05) is 11.4 Å². The van der Waals surface area contributed by atoms with Crippen molar-refractivity contribution in [3.05, 3.63) is 105 Å². The predicted molar refractivity (Wildman–Crippen MR) is 146 cm³/mol. The molecule has 2 aliphatic rings. The summed E-state index contributed by atoms with van der Waals surface area (Å²) in [6, 6.07) is 18.7. The third-order valence-corrected chi connectivity index (χ3v) is 7.14. The van der Waals surface area contributed by atoms with Crippen molar-refractivity contribution in [2.45, 2.75) is 0 Å². The lowest BCUT2D eigenvalue weighted by molar-refractivity contribution is 0.0910. The molecule has 4 N–H and O–H groups in total. The van der Waals surface area contributed by atoms with Crippen LogP contribution in [0.5, 0.6) is 0 Å². The van der Waals surface area contributed by atoms with Crippen molar-refractivity contribution < 1.29 is 19.2 Å². The van der Waals surface area contributed by atoms with E-state index in [0.29, 0.717) is 22.5 Å². The lowest BCUT2D eigenvalue weighted by Gasteiger charge is -2.15. The number of imide groups is 2. The van der Waals surface area contributed by atoms with Crippen LogP contribution in [0.15, 0.2) is 72.8 Å². The molecule has 4 aromatic rings. The molecule has 2 aliphatic heterocycles. The van der Waals surface area contributed by atoms with Gasteiger partial charge in [0.1, 0.15) is 0 Å². The van der Waals surface area contributed by atoms with Gasteiger partial charge in [-0.25, -0.2) is 9.80 Å². The number of hydrogen-bond donors (Lipinski definition) is 2. The van der Waals surface area contributed by atoms with Crippen LogP contribution < -0.4 is 21.3 Å². The zero-order valence-corrected chi connectivity index (χ0v) is 20.9. The molecule has 0 unspecified atom stereocenters. The van der Waals surface area contributed by atoms with Crippen LogP contribution in [0.2, 0.25) is 10.0 Å². The maximum Gasteiger partial charge on any atom is 0.266 e. The second-order valence-corrected chi connectivity index (χ2v) is 9.65. The van der Waals surface area contributed by atoms with Crippen molar-refractivity contribution in [1.29, 1.82) is 0 Å². The molecule has 186 valence electrons.